The van der Waals surface area contributed by atoms with Crippen molar-refractivity contribution in [3.05, 3.63) is 278 Å². The van der Waals surface area contributed by atoms with Crippen molar-refractivity contribution in [2.24, 2.45) is 0 Å². The summed E-state index contributed by atoms with van der Waals surface area (Å²) in [5, 5.41) is 32.0. The van der Waals surface area contributed by atoms with Crippen LogP contribution in [0.5, 0.6) is 0 Å². The Morgan fingerprint density at radius 1 is 0.187 bits per heavy atom. The van der Waals surface area contributed by atoms with Gasteiger partial charge in [0, 0.05) is 1290 Å². The number of halogens is 2. The van der Waals surface area contributed by atoms with E-state index in [1.807, 2.05) is 0 Å². The van der Waals surface area contributed by atoms with Gasteiger partial charge in [-0.05, 0) is 345 Å². The number of hydrogen-bond acceptors (Lipinski definition) is 2. The van der Waals surface area contributed by atoms with E-state index in [0.29, 0.717) is 0 Å². The third-order valence-electron chi connectivity index (χ3n) is 21.7. The van der Waals surface area contributed by atoms with Gasteiger partial charge in [0.25, 0.3) is 0 Å². The first-order chi connectivity index (χ1) is 46.1. The molecule has 1 saturated heterocycles. The first-order valence-electron chi connectivity index (χ1n) is 33.1. The van der Waals surface area contributed by atoms with Crippen LogP contribution in [0.15, 0.2) is 249 Å². The molecular formula is C90H65BI2O2Y39. The molecule has 39 radical (unpaired) electrons. The minimum absolute atomic E-state index is 0. The van der Waals surface area contributed by atoms with Crippen LogP contribution < -0.4 is 5.46 Å². The second-order valence-corrected chi connectivity index (χ2v) is 29.9. The number of aryl methyl sites for hydroxylation is 4. The third kappa shape index (κ3) is 50.3. The Morgan fingerprint density at radius 2 is 0.433 bits per heavy atom. The quantitative estimate of drug-likeness (QED) is 0.0997. The van der Waals surface area contributed by atoms with Gasteiger partial charge in [-0.15, -0.1) is 0 Å². The first-order valence-corrected chi connectivity index (χ1v) is 35.3. The van der Waals surface area contributed by atoms with Crippen molar-refractivity contribution in [2.75, 3.05) is 0 Å². The Labute approximate surface area is 1800 Å². The van der Waals surface area contributed by atoms with Crippen LogP contribution in [0, 0.1) is 34.8 Å². The van der Waals surface area contributed by atoms with Gasteiger partial charge in [0.1, 0.15) is 0 Å². The summed E-state index contributed by atoms with van der Waals surface area (Å²) in [7, 11) is -0.408. The summed E-state index contributed by atoms with van der Waals surface area (Å²) < 4.78 is 15.7. The Kier molecular flexibility index (Phi) is 173. The molecule has 1 fully saturated rings. The van der Waals surface area contributed by atoms with Gasteiger partial charge < -0.3 is 9.31 Å². The molecule has 0 amide bonds. The van der Waals surface area contributed by atoms with Crippen LogP contribution >= 0.6 is 45.2 Å². The summed E-state index contributed by atoms with van der Waals surface area (Å²) in [6.07, 6.45) is 0. The Balaban J connectivity index is -0.0000000659. The van der Waals surface area contributed by atoms with E-state index >= 15 is 0 Å². The molecule has 44 heteroatoms. The van der Waals surface area contributed by atoms with Gasteiger partial charge in [0.15, 0.2) is 0 Å². The average Bonchev–Trinajstić information content (AvgIpc) is 1.53. The molecule has 1 heterocycles. The molecule has 571 valence electrons. The van der Waals surface area contributed by atoms with Gasteiger partial charge in [-0.25, -0.2) is 0 Å². The van der Waals surface area contributed by atoms with Crippen molar-refractivity contribution >= 4 is 187 Å². The first kappa shape index (κ1) is 220. The fourth-order valence-electron chi connectivity index (χ4n) is 16.6. The standard InChI is InChI=1S/C42H26.C38H33BO2.C10H6I2.39Y/c1-23-9-5-10-24(2)40(23)39-21-34-31-18-8-17-28-26-13-3-4-14-27(26)38(42(28)31)22-36(34)35-19-32-29-15-6-11-25-12-7-16-30(41(25)29)33(32)20-37(35)39;1-22-11-9-12-23(2)35(22)34-21-32-29-16-10-15-28-25-13-7-8-14-26(25)33(36(28)29)20-31(32)27-18-17-24(19-30(27)34)39-40-37(3,4)38(5,6)41-39;11-8-5-1-3-7-4-2-6-9(12)10(7)8;;;;;;;;;;;;;;;;;;;;;;;;;;;;;;;;;;;;;;;/h3-22H,1-2H3;7-21H,1-6H3;1-6H;;;;;;;;;;;;;;;;;;;;;;;;;;;;;;;;;;;;;;;. The monoisotopic (exact) mass is 4910 g/mol. The van der Waals surface area contributed by atoms with Crippen LogP contribution in [-0.2, 0) is 1280 Å². The summed E-state index contributed by atoms with van der Waals surface area (Å²) in [6.45, 7) is 17.4. The third-order valence-corrected chi connectivity index (χ3v) is 23.5. The van der Waals surface area contributed by atoms with E-state index in [0.717, 1.165) is 5.46 Å². The summed E-state index contributed by atoms with van der Waals surface area (Å²) >= 11 is 4.76. The summed E-state index contributed by atoms with van der Waals surface area (Å²) in [5.74, 6) is 0. The van der Waals surface area contributed by atoms with Gasteiger partial charge in [-0.3, -0.25) is 0 Å². The van der Waals surface area contributed by atoms with Crippen molar-refractivity contribution in [3.63, 3.8) is 0 Å². The van der Waals surface area contributed by atoms with Crippen molar-refractivity contribution in [2.45, 2.75) is 66.6 Å². The van der Waals surface area contributed by atoms with E-state index in [9.17, 15) is 0 Å². The van der Waals surface area contributed by atoms with E-state index in [1.165, 1.54) is 203 Å². The second-order valence-electron chi connectivity index (χ2n) is 27.6. The number of fused-ring (bicyclic) bond motifs is 18. The fraction of sp³-hybridized carbons (Fsp3) is 0.111. The minimum Gasteiger partial charge on any atom is -0.399 e. The molecule has 0 aromatic heterocycles. The van der Waals surface area contributed by atoms with E-state index in [-0.39, 0.29) is 1290 Å². The van der Waals surface area contributed by atoms with Crippen molar-refractivity contribution < 1.29 is 1280 Å². The van der Waals surface area contributed by atoms with Gasteiger partial charge in [-0.1, -0.05) is 200 Å². The zero-order valence-corrected chi connectivity index (χ0v) is 192. The topological polar surface area (TPSA) is 18.5 Å². The molecule has 20 rings (SSSR count). The Bertz CT molecular complexity index is 6330. The maximum atomic E-state index is 6.50. The van der Waals surface area contributed by atoms with Crippen molar-refractivity contribution in [1.29, 1.82) is 0 Å². The number of hydrogen-bond donors (Lipinski definition) is 0. The smallest absolute Gasteiger partial charge is 0.399 e. The molecule has 0 spiro atoms. The molecule has 18 aromatic rings. The molecule has 2 aliphatic rings. The van der Waals surface area contributed by atoms with Crippen LogP contribution in [0.2, 0.25) is 0 Å². The zero-order chi connectivity index (χ0) is 64.5. The summed E-state index contributed by atoms with van der Waals surface area (Å²) in [5.41, 5.74) is 16.0. The molecule has 1 aliphatic carbocycles. The molecule has 0 saturated carbocycles. The molecule has 1 aliphatic heterocycles. The Hall–Kier alpha value is 34.1. The molecule has 0 atom stereocenters. The van der Waals surface area contributed by atoms with Crippen LogP contribution in [0.3, 0.4) is 0 Å². The minimum atomic E-state index is -0.408. The molecule has 0 bridgehead atoms. The van der Waals surface area contributed by atoms with Gasteiger partial charge in [-0.2, -0.15) is 0 Å². The van der Waals surface area contributed by atoms with E-state index in [2.05, 4.69) is 349 Å². The molecule has 18 aromatic carbocycles. The normalized spacial score (nSPS) is 9.97. The van der Waals surface area contributed by atoms with Crippen LogP contribution in [0.25, 0.3) is 174 Å². The predicted octanol–water partition coefficient (Wildman–Crippen LogP) is 25.4. The van der Waals surface area contributed by atoms with E-state index < -0.39 is 7.12 Å². The predicted molar refractivity (Wildman–Crippen MR) is 427 cm³/mol. The number of rotatable bonds is 3. The zero-order valence-electron chi connectivity index (χ0n) is 76.8. The van der Waals surface area contributed by atoms with Gasteiger partial charge >= 0.3 is 7.12 Å². The molecule has 0 unspecified atom stereocenters. The number of benzene rings is 16. The molecule has 134 heavy (non-hydrogen) atoms. The van der Waals surface area contributed by atoms with Crippen molar-refractivity contribution in [1.82, 2.24) is 0 Å². The SMILES string of the molecule is Cc1cccc(C)c1-c1cc2c(cc3c4ccccc4c4cccc2c43)c2cc3c(cc12)c1cccc2cccc3c21.Cc1cccc(C)c1-c1cc2c3cccc4c3c(cc2c2ccc(B3OC(C)(C)C(C)(C)O3)cc12)-c1ccccc1-4.Ic1cccc2cccc(I)c12.[Y].[Y].[Y].[Y].[Y].[Y].[Y].[Y].[Y].[Y].[Y].[Y].[Y].[Y].[Y].[Y].[Y].[Y].[Y].[Y].[Y].[Y].[Y].[Y].[Y].[Y].[Y].[Y].[Y].[Y].[Y].[Y].[Y].[Y].[Y].[Y].[Y].[Y].[Y]. The maximum absolute atomic E-state index is 6.50. The molecule has 2 nitrogen and oxygen atoms in total. The molecular weight excluding hydrogens is 4840 g/mol. The summed E-state index contributed by atoms with van der Waals surface area (Å²) in [4.78, 5) is 0. The van der Waals surface area contributed by atoms with Crippen LogP contribution in [-0.4, -0.2) is 18.3 Å². The largest absolute Gasteiger partial charge is 0.494 e. The second kappa shape index (κ2) is 105. The van der Waals surface area contributed by atoms with Crippen molar-refractivity contribution in [3.8, 4) is 44.5 Å². The Morgan fingerprint density at radius 3 is 0.836 bits per heavy atom. The maximum Gasteiger partial charge on any atom is 0.494 e. The van der Waals surface area contributed by atoms with E-state index in [4.69, 9.17) is 9.31 Å². The fourth-order valence-corrected chi connectivity index (χ4v) is 18.7. The molecule has 0 N–H and O–H groups in total. The van der Waals surface area contributed by atoms with Crippen LogP contribution in [0.1, 0.15) is 49.9 Å². The summed E-state index contributed by atoms with van der Waals surface area (Å²) in [6, 6.07) is 92.6. The van der Waals surface area contributed by atoms with E-state index in [1.54, 1.807) is 0 Å². The van der Waals surface area contributed by atoms with Crippen LogP contribution in [0.4, 0.5) is 0 Å². The van der Waals surface area contributed by atoms with Gasteiger partial charge in [0.05, 0.1) is 11.2 Å². The average molecular weight is 4910 g/mol. The van der Waals surface area contributed by atoms with Gasteiger partial charge in [0.2, 0.25) is 0 Å².